The van der Waals surface area contributed by atoms with Gasteiger partial charge < -0.3 is 10.2 Å². The minimum Gasteiger partial charge on any atom is -0.448 e. The lowest BCUT2D eigenvalue weighted by Gasteiger charge is -2.29. The van der Waals surface area contributed by atoms with E-state index >= 15 is 0 Å². The van der Waals surface area contributed by atoms with Gasteiger partial charge in [0.2, 0.25) is 0 Å². The lowest BCUT2D eigenvalue weighted by molar-refractivity contribution is -0.183. The first-order valence-corrected chi connectivity index (χ1v) is 5.71. The molecule has 0 aromatic carbocycles. The Morgan fingerprint density at radius 2 is 2.18 bits per heavy atom. The highest BCUT2D eigenvalue weighted by Crippen LogP contribution is 2.44. The van der Waals surface area contributed by atoms with Crippen LogP contribution in [-0.2, 0) is 6.54 Å². The second-order valence-corrected chi connectivity index (χ2v) is 4.47. The summed E-state index contributed by atoms with van der Waals surface area (Å²) in [5.41, 5.74) is 6.06. The van der Waals surface area contributed by atoms with E-state index in [0.29, 0.717) is 17.9 Å². The van der Waals surface area contributed by atoms with E-state index in [0.717, 1.165) is 6.42 Å². The number of aromatic nitrogens is 1. The van der Waals surface area contributed by atoms with Gasteiger partial charge in [0.05, 0.1) is 11.6 Å². The zero-order valence-corrected chi connectivity index (χ0v) is 9.33. The normalized spacial score (nSPS) is 26.1. The lowest BCUT2D eigenvalue weighted by Crippen LogP contribution is -2.28. The number of halogens is 3. The number of oxazole rings is 1. The van der Waals surface area contributed by atoms with E-state index in [1.54, 1.807) is 0 Å². The Balaban J connectivity index is 2.12. The highest BCUT2D eigenvalue weighted by Gasteiger charge is 2.43. The van der Waals surface area contributed by atoms with Gasteiger partial charge in [-0.1, -0.05) is 6.42 Å². The second kappa shape index (κ2) is 4.68. The number of hydrogen-bond donors (Lipinski definition) is 1. The van der Waals surface area contributed by atoms with E-state index in [2.05, 4.69) is 4.98 Å². The molecule has 0 aliphatic heterocycles. The van der Waals surface area contributed by atoms with Crippen molar-refractivity contribution in [3.8, 4) is 0 Å². The van der Waals surface area contributed by atoms with Gasteiger partial charge >= 0.3 is 6.18 Å². The van der Waals surface area contributed by atoms with Crippen LogP contribution in [0, 0.1) is 5.92 Å². The standard InChI is InChI=1S/C11H15F3N2O/c12-11(13,14)8-3-1-2-7(4-8)10-9(5-15)16-6-17-10/h6-8H,1-5,15H2. The Morgan fingerprint density at radius 3 is 2.82 bits per heavy atom. The van der Waals surface area contributed by atoms with Crippen molar-refractivity contribution in [3.63, 3.8) is 0 Å². The number of nitrogens with zero attached hydrogens (tertiary/aromatic N) is 1. The molecule has 2 atom stereocenters. The molecule has 2 rings (SSSR count). The highest BCUT2D eigenvalue weighted by molar-refractivity contribution is 5.13. The van der Waals surface area contributed by atoms with E-state index in [-0.39, 0.29) is 25.3 Å². The van der Waals surface area contributed by atoms with Gasteiger partial charge in [-0.2, -0.15) is 13.2 Å². The van der Waals surface area contributed by atoms with Crippen molar-refractivity contribution in [1.29, 1.82) is 0 Å². The van der Waals surface area contributed by atoms with Crippen LogP contribution in [0.25, 0.3) is 0 Å². The summed E-state index contributed by atoms with van der Waals surface area (Å²) in [6.45, 7) is 0.207. The monoisotopic (exact) mass is 248 g/mol. The number of hydrogen-bond acceptors (Lipinski definition) is 3. The van der Waals surface area contributed by atoms with E-state index in [9.17, 15) is 13.2 Å². The minimum atomic E-state index is -4.11. The van der Waals surface area contributed by atoms with Crippen molar-refractivity contribution < 1.29 is 17.6 Å². The van der Waals surface area contributed by atoms with Gasteiger partial charge in [-0.05, 0) is 19.3 Å². The maximum absolute atomic E-state index is 12.7. The molecule has 0 spiro atoms. The zero-order valence-electron chi connectivity index (χ0n) is 9.33. The quantitative estimate of drug-likeness (QED) is 0.875. The summed E-state index contributed by atoms with van der Waals surface area (Å²) >= 11 is 0. The van der Waals surface area contributed by atoms with Gasteiger partial charge in [-0.25, -0.2) is 4.98 Å². The van der Waals surface area contributed by atoms with Crippen molar-refractivity contribution in [2.24, 2.45) is 11.7 Å². The van der Waals surface area contributed by atoms with Gasteiger partial charge in [-0.3, -0.25) is 0 Å². The Bertz CT molecular complexity index is 375. The van der Waals surface area contributed by atoms with Crippen LogP contribution >= 0.6 is 0 Å². The first kappa shape index (κ1) is 12.4. The molecule has 1 aromatic rings. The summed E-state index contributed by atoms with van der Waals surface area (Å²) in [5.74, 6) is -0.880. The van der Waals surface area contributed by atoms with Crippen molar-refractivity contribution in [1.82, 2.24) is 4.98 Å². The summed E-state index contributed by atoms with van der Waals surface area (Å²) in [4.78, 5) is 3.92. The van der Waals surface area contributed by atoms with E-state index in [4.69, 9.17) is 10.2 Å². The van der Waals surface area contributed by atoms with Gasteiger partial charge in [0.25, 0.3) is 0 Å². The Morgan fingerprint density at radius 1 is 1.41 bits per heavy atom. The van der Waals surface area contributed by atoms with Gasteiger partial charge in [0.15, 0.2) is 6.39 Å². The summed E-state index contributed by atoms with van der Waals surface area (Å²) in [6, 6.07) is 0. The molecule has 1 heterocycles. The topological polar surface area (TPSA) is 52.0 Å². The average molecular weight is 248 g/mol. The van der Waals surface area contributed by atoms with Crippen molar-refractivity contribution in [2.75, 3.05) is 0 Å². The Kier molecular flexibility index (Phi) is 3.42. The molecular weight excluding hydrogens is 233 g/mol. The largest absolute Gasteiger partial charge is 0.448 e. The van der Waals surface area contributed by atoms with E-state index < -0.39 is 12.1 Å². The summed E-state index contributed by atoms with van der Waals surface area (Å²) in [6.07, 6.45) is -1.26. The molecular formula is C11H15F3N2O. The predicted molar refractivity (Wildman–Crippen MR) is 55.1 cm³/mol. The summed E-state index contributed by atoms with van der Waals surface area (Å²) in [5, 5.41) is 0. The van der Waals surface area contributed by atoms with Crippen molar-refractivity contribution >= 4 is 0 Å². The lowest BCUT2D eigenvalue weighted by atomic mass is 9.79. The number of alkyl halides is 3. The zero-order chi connectivity index (χ0) is 12.5. The fourth-order valence-corrected chi connectivity index (χ4v) is 2.49. The first-order chi connectivity index (χ1) is 8.02. The molecule has 3 nitrogen and oxygen atoms in total. The van der Waals surface area contributed by atoms with Gasteiger partial charge in [-0.15, -0.1) is 0 Å². The van der Waals surface area contributed by atoms with Gasteiger partial charge in [0, 0.05) is 12.5 Å². The first-order valence-electron chi connectivity index (χ1n) is 5.71. The van der Waals surface area contributed by atoms with Crippen LogP contribution < -0.4 is 5.73 Å². The van der Waals surface area contributed by atoms with Crippen molar-refractivity contribution in [2.45, 2.75) is 44.3 Å². The average Bonchev–Trinajstić information content (AvgIpc) is 2.76. The summed E-state index contributed by atoms with van der Waals surface area (Å²) in [7, 11) is 0. The molecule has 0 amide bonds. The summed E-state index contributed by atoms with van der Waals surface area (Å²) < 4.78 is 43.2. The molecule has 1 aromatic heterocycles. The molecule has 0 bridgehead atoms. The molecule has 1 fully saturated rings. The fourth-order valence-electron chi connectivity index (χ4n) is 2.49. The third-order valence-electron chi connectivity index (χ3n) is 3.37. The number of nitrogens with two attached hydrogens (primary N) is 1. The SMILES string of the molecule is NCc1ncoc1C1CCCC(C(F)(F)F)C1. The molecule has 1 aliphatic carbocycles. The fraction of sp³-hybridized carbons (Fsp3) is 0.727. The van der Waals surface area contributed by atoms with Crippen LogP contribution in [0.15, 0.2) is 10.8 Å². The van der Waals surface area contributed by atoms with Crippen LogP contribution in [0.3, 0.4) is 0 Å². The van der Waals surface area contributed by atoms with Crippen LogP contribution in [0.1, 0.15) is 43.1 Å². The molecule has 6 heteroatoms. The van der Waals surface area contributed by atoms with Crippen LogP contribution in [0.5, 0.6) is 0 Å². The molecule has 17 heavy (non-hydrogen) atoms. The van der Waals surface area contributed by atoms with Crippen molar-refractivity contribution in [3.05, 3.63) is 17.8 Å². The Labute approximate surface area is 97.2 Å². The van der Waals surface area contributed by atoms with Crippen LogP contribution in [0.4, 0.5) is 13.2 Å². The predicted octanol–water partition coefficient (Wildman–Crippen LogP) is 2.97. The number of rotatable bonds is 2. The Hall–Kier alpha value is -1.04. The molecule has 0 radical (unpaired) electrons. The maximum atomic E-state index is 12.7. The molecule has 1 aliphatic rings. The second-order valence-electron chi connectivity index (χ2n) is 4.47. The van der Waals surface area contributed by atoms with Gasteiger partial charge in [0.1, 0.15) is 5.76 Å². The highest BCUT2D eigenvalue weighted by atomic mass is 19.4. The molecule has 2 N–H and O–H groups in total. The third kappa shape index (κ3) is 2.62. The molecule has 2 unspecified atom stereocenters. The van der Waals surface area contributed by atoms with Crippen LogP contribution in [-0.4, -0.2) is 11.2 Å². The molecule has 1 saturated carbocycles. The smallest absolute Gasteiger partial charge is 0.391 e. The molecule has 0 saturated heterocycles. The minimum absolute atomic E-state index is 0.0890. The maximum Gasteiger partial charge on any atom is 0.391 e. The van der Waals surface area contributed by atoms with E-state index in [1.807, 2.05) is 0 Å². The third-order valence-corrected chi connectivity index (χ3v) is 3.37. The molecule has 96 valence electrons. The van der Waals surface area contributed by atoms with Crippen LogP contribution in [0.2, 0.25) is 0 Å². The van der Waals surface area contributed by atoms with E-state index in [1.165, 1.54) is 6.39 Å².